The molecule has 1 rings (SSSR count). The molecule has 8 heteroatoms. The number of carboxylic acids is 1. The molecule has 0 aromatic heterocycles. The molecule has 0 saturated heterocycles. The molecule has 1 aromatic carbocycles. The first-order valence-corrected chi connectivity index (χ1v) is 5.93. The van der Waals surface area contributed by atoms with Crippen molar-refractivity contribution >= 4 is 35.2 Å². The first-order chi connectivity index (χ1) is 9.13. The SMILES string of the molecule is CC(C)(NC(=O)Nc1cc(Cl)ccc1C(=O)O)C(N)=O. The molecule has 0 unspecified atom stereocenters. The Morgan fingerprint density at radius 2 is 1.90 bits per heavy atom. The number of anilines is 1. The molecule has 0 spiro atoms. The molecule has 7 nitrogen and oxygen atoms in total. The van der Waals surface area contributed by atoms with Crippen LogP contribution in [0.15, 0.2) is 18.2 Å². The summed E-state index contributed by atoms with van der Waals surface area (Å²) in [6.07, 6.45) is 0. The smallest absolute Gasteiger partial charge is 0.337 e. The zero-order chi connectivity index (χ0) is 15.5. The van der Waals surface area contributed by atoms with Gasteiger partial charge in [0, 0.05) is 5.02 Å². The van der Waals surface area contributed by atoms with Gasteiger partial charge in [0.25, 0.3) is 0 Å². The summed E-state index contributed by atoms with van der Waals surface area (Å²) in [4.78, 5) is 33.9. The predicted molar refractivity (Wildman–Crippen MR) is 73.8 cm³/mol. The number of carbonyl (C=O) groups is 3. The molecule has 5 N–H and O–H groups in total. The van der Waals surface area contributed by atoms with Crippen LogP contribution in [0.25, 0.3) is 0 Å². The molecule has 0 aliphatic carbocycles. The van der Waals surface area contributed by atoms with E-state index in [9.17, 15) is 14.4 Å². The van der Waals surface area contributed by atoms with E-state index < -0.39 is 23.4 Å². The third kappa shape index (κ3) is 3.86. The number of urea groups is 1. The van der Waals surface area contributed by atoms with Gasteiger partial charge in [-0.05, 0) is 32.0 Å². The van der Waals surface area contributed by atoms with Crippen LogP contribution < -0.4 is 16.4 Å². The lowest BCUT2D eigenvalue weighted by Crippen LogP contribution is -2.54. The van der Waals surface area contributed by atoms with Crippen molar-refractivity contribution in [3.05, 3.63) is 28.8 Å². The molecule has 0 heterocycles. The van der Waals surface area contributed by atoms with Gasteiger partial charge in [-0.3, -0.25) is 4.79 Å². The van der Waals surface area contributed by atoms with E-state index in [0.29, 0.717) is 0 Å². The van der Waals surface area contributed by atoms with Crippen molar-refractivity contribution < 1.29 is 19.5 Å². The number of nitrogens with one attached hydrogen (secondary N) is 2. The highest BCUT2D eigenvalue weighted by Gasteiger charge is 2.27. The van der Waals surface area contributed by atoms with Gasteiger partial charge < -0.3 is 21.5 Å². The minimum atomic E-state index is -1.27. The third-order valence-corrected chi connectivity index (χ3v) is 2.74. The quantitative estimate of drug-likeness (QED) is 0.671. The number of carbonyl (C=O) groups excluding carboxylic acids is 2. The highest BCUT2D eigenvalue weighted by Crippen LogP contribution is 2.21. The number of hydrogen-bond acceptors (Lipinski definition) is 3. The summed E-state index contributed by atoms with van der Waals surface area (Å²) in [5, 5.41) is 13.9. The second kappa shape index (κ2) is 5.79. The summed E-state index contributed by atoms with van der Waals surface area (Å²) < 4.78 is 0. The van der Waals surface area contributed by atoms with Crippen LogP contribution in [-0.4, -0.2) is 28.6 Å². The fourth-order valence-corrected chi connectivity index (χ4v) is 1.48. The van der Waals surface area contributed by atoms with Crippen LogP contribution in [0.1, 0.15) is 24.2 Å². The molecule has 20 heavy (non-hydrogen) atoms. The van der Waals surface area contributed by atoms with Crippen LogP contribution >= 0.6 is 11.6 Å². The number of hydrogen-bond donors (Lipinski definition) is 4. The summed E-state index contributed by atoms with van der Waals surface area (Å²) in [6.45, 7) is 2.84. The van der Waals surface area contributed by atoms with Gasteiger partial charge in [0.2, 0.25) is 5.91 Å². The van der Waals surface area contributed by atoms with Gasteiger partial charge in [-0.25, -0.2) is 9.59 Å². The number of carboxylic acid groups (broad SMARTS) is 1. The largest absolute Gasteiger partial charge is 0.478 e. The highest BCUT2D eigenvalue weighted by atomic mass is 35.5. The molecule has 0 saturated carbocycles. The summed E-state index contributed by atoms with van der Waals surface area (Å²) in [7, 11) is 0. The van der Waals surface area contributed by atoms with Crippen molar-refractivity contribution in [3.8, 4) is 0 Å². The lowest BCUT2D eigenvalue weighted by Gasteiger charge is -2.22. The number of nitrogens with two attached hydrogens (primary N) is 1. The molecule has 0 aliphatic heterocycles. The number of primary amides is 1. The van der Waals surface area contributed by atoms with Crippen LogP contribution in [0.2, 0.25) is 5.02 Å². The maximum absolute atomic E-state index is 11.8. The first-order valence-electron chi connectivity index (χ1n) is 5.55. The summed E-state index contributed by atoms with van der Waals surface area (Å²) in [5.74, 6) is -1.94. The van der Waals surface area contributed by atoms with Crippen molar-refractivity contribution in [1.29, 1.82) is 0 Å². The van der Waals surface area contributed by atoms with E-state index in [1.807, 2.05) is 0 Å². The fraction of sp³-hybridized carbons (Fsp3) is 0.250. The molecule has 108 valence electrons. The van der Waals surface area contributed by atoms with E-state index in [1.54, 1.807) is 0 Å². The monoisotopic (exact) mass is 299 g/mol. The van der Waals surface area contributed by atoms with Crippen LogP contribution in [0.3, 0.4) is 0 Å². The Balaban J connectivity index is 2.94. The summed E-state index contributed by atoms with van der Waals surface area (Å²) in [5.41, 5.74) is 3.74. The Morgan fingerprint density at radius 1 is 1.30 bits per heavy atom. The maximum atomic E-state index is 11.8. The van der Waals surface area contributed by atoms with Gasteiger partial charge in [0.1, 0.15) is 5.54 Å². The van der Waals surface area contributed by atoms with Crippen LogP contribution in [0.5, 0.6) is 0 Å². The number of halogens is 1. The molecule has 0 radical (unpaired) electrons. The van der Waals surface area contributed by atoms with Gasteiger partial charge in [-0.15, -0.1) is 0 Å². The average molecular weight is 300 g/mol. The van der Waals surface area contributed by atoms with Crippen molar-refractivity contribution in [2.24, 2.45) is 5.73 Å². The van der Waals surface area contributed by atoms with E-state index >= 15 is 0 Å². The summed E-state index contributed by atoms with van der Waals surface area (Å²) >= 11 is 5.75. The first kappa shape index (κ1) is 15.8. The van der Waals surface area contributed by atoms with Crippen LogP contribution in [0, 0.1) is 0 Å². The van der Waals surface area contributed by atoms with E-state index in [4.69, 9.17) is 22.4 Å². The van der Waals surface area contributed by atoms with Gasteiger partial charge >= 0.3 is 12.0 Å². The number of amides is 3. The number of aromatic carboxylic acids is 1. The molecule has 0 aliphatic rings. The van der Waals surface area contributed by atoms with E-state index in [-0.39, 0.29) is 16.3 Å². The lowest BCUT2D eigenvalue weighted by atomic mass is 10.1. The van der Waals surface area contributed by atoms with E-state index in [1.165, 1.54) is 32.0 Å². The van der Waals surface area contributed by atoms with Crippen molar-refractivity contribution in [2.45, 2.75) is 19.4 Å². The molecular formula is C12H14ClN3O4. The Bertz CT molecular complexity index is 572. The minimum absolute atomic E-state index is 0.0165. The molecule has 0 atom stereocenters. The predicted octanol–water partition coefficient (Wildman–Crippen LogP) is 1.42. The molecule has 1 aromatic rings. The van der Waals surface area contributed by atoms with Crippen molar-refractivity contribution in [3.63, 3.8) is 0 Å². The standard InChI is InChI=1S/C12H14ClN3O4/c1-12(2,10(14)19)16-11(20)15-8-5-6(13)3-4-7(8)9(17)18/h3-5H,1-2H3,(H2,14,19)(H,17,18)(H2,15,16,20). The Labute approximate surface area is 120 Å². The zero-order valence-electron chi connectivity index (χ0n) is 10.9. The maximum Gasteiger partial charge on any atom is 0.337 e. The van der Waals surface area contributed by atoms with E-state index in [2.05, 4.69) is 10.6 Å². The van der Waals surface area contributed by atoms with Crippen LogP contribution in [-0.2, 0) is 4.79 Å². The lowest BCUT2D eigenvalue weighted by molar-refractivity contribution is -0.122. The van der Waals surface area contributed by atoms with E-state index in [0.717, 1.165) is 0 Å². The molecular weight excluding hydrogens is 286 g/mol. The van der Waals surface area contributed by atoms with Gasteiger partial charge in [-0.1, -0.05) is 11.6 Å². The molecule has 3 amide bonds. The van der Waals surface area contributed by atoms with Crippen molar-refractivity contribution in [2.75, 3.05) is 5.32 Å². The molecule has 0 bridgehead atoms. The van der Waals surface area contributed by atoms with Crippen LogP contribution in [0.4, 0.5) is 10.5 Å². The van der Waals surface area contributed by atoms with Crippen molar-refractivity contribution in [1.82, 2.24) is 5.32 Å². The average Bonchev–Trinajstić information content (AvgIpc) is 2.27. The highest BCUT2D eigenvalue weighted by molar-refractivity contribution is 6.31. The number of benzene rings is 1. The minimum Gasteiger partial charge on any atom is -0.478 e. The normalized spacial score (nSPS) is 10.8. The van der Waals surface area contributed by atoms with Gasteiger partial charge in [0.15, 0.2) is 0 Å². The Kier molecular flexibility index (Phi) is 4.57. The van der Waals surface area contributed by atoms with Gasteiger partial charge in [-0.2, -0.15) is 0 Å². The summed E-state index contributed by atoms with van der Waals surface area (Å²) in [6, 6.07) is 3.18. The second-order valence-electron chi connectivity index (χ2n) is 4.56. The number of rotatable bonds is 4. The topological polar surface area (TPSA) is 122 Å². The van der Waals surface area contributed by atoms with Gasteiger partial charge in [0.05, 0.1) is 11.3 Å². The Morgan fingerprint density at radius 3 is 2.40 bits per heavy atom. The Hall–Kier alpha value is -2.28. The zero-order valence-corrected chi connectivity index (χ0v) is 11.6. The second-order valence-corrected chi connectivity index (χ2v) is 5.00. The molecule has 0 fully saturated rings. The third-order valence-electron chi connectivity index (χ3n) is 2.50. The fourth-order valence-electron chi connectivity index (χ4n) is 1.31.